The Morgan fingerprint density at radius 1 is 1.16 bits per heavy atom. The maximum Gasteiger partial charge on any atom is 0.161 e. The summed E-state index contributed by atoms with van der Waals surface area (Å²) in [6.45, 7) is 0. The first-order chi connectivity index (χ1) is 9.30. The third-order valence-corrected chi connectivity index (χ3v) is 3.60. The molecule has 0 amide bonds. The molecule has 0 saturated carbocycles. The van der Waals surface area contributed by atoms with E-state index >= 15 is 0 Å². The minimum atomic E-state index is 0.0557. The number of methoxy groups -OCH3 is 2. The Morgan fingerprint density at radius 2 is 1.95 bits per heavy atom. The zero-order valence-electron chi connectivity index (χ0n) is 11.6. The lowest BCUT2D eigenvalue weighted by atomic mass is 9.90. The Hall–Kier alpha value is -1.52. The third kappa shape index (κ3) is 3.08. The number of ether oxygens (including phenoxy) is 2. The fourth-order valence-corrected chi connectivity index (χ4v) is 2.57. The highest BCUT2D eigenvalue weighted by Gasteiger charge is 2.18. The maximum atomic E-state index is 5.73. The second-order valence-electron chi connectivity index (χ2n) is 4.74. The fraction of sp³-hybridized carbons (Fsp3) is 0.467. The molecule has 1 aromatic rings. The molecule has 104 valence electrons. The molecular weight excluding hydrogens is 240 g/mol. The van der Waals surface area contributed by atoms with E-state index in [2.05, 4.69) is 11.5 Å². The second kappa shape index (κ2) is 6.59. The van der Waals surface area contributed by atoms with E-state index < -0.39 is 0 Å². The van der Waals surface area contributed by atoms with Crippen molar-refractivity contribution in [1.82, 2.24) is 5.43 Å². The van der Waals surface area contributed by atoms with Crippen LogP contribution in [0.25, 0.3) is 0 Å². The van der Waals surface area contributed by atoms with Gasteiger partial charge in [-0.1, -0.05) is 17.7 Å². The molecular formula is C15H22N2O2. The lowest BCUT2D eigenvalue weighted by Gasteiger charge is -2.23. The highest BCUT2D eigenvalue weighted by atomic mass is 16.5. The standard InChI is InChI=1S/C15H22N2O2/c1-18-13-9-8-12(10-14(13)19-2)15(17-16)11-6-4-3-5-7-11/h6,8-10,15,17H,3-5,7,16H2,1-2H3. The van der Waals surface area contributed by atoms with Gasteiger partial charge >= 0.3 is 0 Å². The molecule has 3 N–H and O–H groups in total. The molecule has 1 aliphatic rings. The van der Waals surface area contributed by atoms with Gasteiger partial charge in [-0.2, -0.15) is 0 Å². The van der Waals surface area contributed by atoms with Gasteiger partial charge in [0, 0.05) is 0 Å². The third-order valence-electron chi connectivity index (χ3n) is 3.60. The number of hydrogen-bond acceptors (Lipinski definition) is 4. The van der Waals surface area contributed by atoms with Gasteiger partial charge in [0.05, 0.1) is 20.3 Å². The van der Waals surface area contributed by atoms with Gasteiger partial charge in [0.15, 0.2) is 11.5 Å². The molecule has 0 heterocycles. The van der Waals surface area contributed by atoms with Crippen LogP contribution in [0.1, 0.15) is 37.3 Å². The normalized spacial score (nSPS) is 16.7. The summed E-state index contributed by atoms with van der Waals surface area (Å²) in [6.07, 6.45) is 7.04. The van der Waals surface area contributed by atoms with E-state index in [0.29, 0.717) is 0 Å². The molecule has 1 aliphatic carbocycles. The van der Waals surface area contributed by atoms with Gasteiger partial charge in [0.2, 0.25) is 0 Å². The summed E-state index contributed by atoms with van der Waals surface area (Å²) in [5.74, 6) is 7.20. The van der Waals surface area contributed by atoms with Crippen molar-refractivity contribution in [2.45, 2.75) is 31.7 Å². The fourth-order valence-electron chi connectivity index (χ4n) is 2.57. The number of nitrogens with one attached hydrogen (secondary N) is 1. The van der Waals surface area contributed by atoms with Crippen LogP contribution < -0.4 is 20.7 Å². The van der Waals surface area contributed by atoms with Gasteiger partial charge in [-0.25, -0.2) is 5.43 Å². The van der Waals surface area contributed by atoms with Crippen LogP contribution in [0.3, 0.4) is 0 Å². The van der Waals surface area contributed by atoms with E-state index in [0.717, 1.165) is 29.9 Å². The SMILES string of the molecule is COc1ccc(C(NN)C2=CCCCC2)cc1OC. The largest absolute Gasteiger partial charge is 0.493 e. The van der Waals surface area contributed by atoms with Crippen molar-refractivity contribution < 1.29 is 9.47 Å². The Labute approximate surface area is 114 Å². The summed E-state index contributed by atoms with van der Waals surface area (Å²) in [5, 5.41) is 0. The molecule has 0 fully saturated rings. The smallest absolute Gasteiger partial charge is 0.161 e. The van der Waals surface area contributed by atoms with Crippen LogP contribution in [-0.4, -0.2) is 14.2 Å². The summed E-state index contributed by atoms with van der Waals surface area (Å²) in [5.41, 5.74) is 5.38. The van der Waals surface area contributed by atoms with E-state index in [1.807, 2.05) is 18.2 Å². The predicted molar refractivity (Wildman–Crippen MR) is 76.2 cm³/mol. The summed E-state index contributed by atoms with van der Waals surface area (Å²) >= 11 is 0. The van der Waals surface area contributed by atoms with Crippen molar-refractivity contribution >= 4 is 0 Å². The highest BCUT2D eigenvalue weighted by molar-refractivity contribution is 5.45. The minimum Gasteiger partial charge on any atom is -0.493 e. The Balaban J connectivity index is 2.30. The number of allylic oxidation sites excluding steroid dienone is 1. The molecule has 4 nitrogen and oxygen atoms in total. The van der Waals surface area contributed by atoms with Crippen LogP contribution in [0.15, 0.2) is 29.8 Å². The number of hydrazine groups is 1. The molecule has 0 saturated heterocycles. The minimum absolute atomic E-state index is 0.0557. The van der Waals surface area contributed by atoms with Gasteiger partial charge in [0.1, 0.15) is 0 Å². The predicted octanol–water partition coefficient (Wildman–Crippen LogP) is 2.71. The van der Waals surface area contributed by atoms with Crippen LogP contribution in [0.4, 0.5) is 0 Å². The molecule has 4 heteroatoms. The molecule has 0 radical (unpaired) electrons. The number of benzene rings is 1. The summed E-state index contributed by atoms with van der Waals surface area (Å²) < 4.78 is 10.6. The van der Waals surface area contributed by atoms with Crippen molar-refractivity contribution in [3.8, 4) is 11.5 Å². The van der Waals surface area contributed by atoms with E-state index in [1.165, 1.54) is 18.4 Å². The van der Waals surface area contributed by atoms with Crippen molar-refractivity contribution in [3.63, 3.8) is 0 Å². The van der Waals surface area contributed by atoms with Gasteiger partial charge < -0.3 is 9.47 Å². The quantitative estimate of drug-likeness (QED) is 0.486. The first kappa shape index (κ1) is 13.9. The van der Waals surface area contributed by atoms with Crippen LogP contribution in [0.5, 0.6) is 11.5 Å². The molecule has 1 unspecified atom stereocenters. The van der Waals surface area contributed by atoms with Crippen molar-refractivity contribution in [2.24, 2.45) is 5.84 Å². The molecule has 19 heavy (non-hydrogen) atoms. The molecule has 0 bridgehead atoms. The van der Waals surface area contributed by atoms with Crippen molar-refractivity contribution in [1.29, 1.82) is 0 Å². The lowest BCUT2D eigenvalue weighted by molar-refractivity contribution is 0.354. The monoisotopic (exact) mass is 262 g/mol. The highest BCUT2D eigenvalue weighted by Crippen LogP contribution is 2.34. The molecule has 0 aromatic heterocycles. The number of rotatable bonds is 5. The number of hydrogen-bond donors (Lipinski definition) is 2. The van der Waals surface area contributed by atoms with Crippen molar-refractivity contribution in [2.75, 3.05) is 14.2 Å². The summed E-state index contributed by atoms with van der Waals surface area (Å²) in [4.78, 5) is 0. The number of nitrogens with two attached hydrogens (primary N) is 1. The van der Waals surface area contributed by atoms with Crippen LogP contribution >= 0.6 is 0 Å². The Kier molecular flexibility index (Phi) is 4.82. The topological polar surface area (TPSA) is 56.5 Å². The van der Waals surface area contributed by atoms with Crippen LogP contribution in [0, 0.1) is 0 Å². The molecule has 2 rings (SSSR count). The Bertz CT molecular complexity index is 457. The molecule has 1 atom stereocenters. The van der Waals surface area contributed by atoms with E-state index in [-0.39, 0.29) is 6.04 Å². The van der Waals surface area contributed by atoms with Gasteiger partial charge in [-0.15, -0.1) is 0 Å². The van der Waals surface area contributed by atoms with E-state index in [1.54, 1.807) is 14.2 Å². The zero-order valence-corrected chi connectivity index (χ0v) is 11.6. The average Bonchev–Trinajstić information content (AvgIpc) is 2.49. The van der Waals surface area contributed by atoms with Crippen LogP contribution in [0.2, 0.25) is 0 Å². The summed E-state index contributed by atoms with van der Waals surface area (Å²) in [6, 6.07) is 5.99. The molecule has 0 aliphatic heterocycles. The Morgan fingerprint density at radius 3 is 2.53 bits per heavy atom. The average molecular weight is 262 g/mol. The van der Waals surface area contributed by atoms with E-state index in [9.17, 15) is 0 Å². The van der Waals surface area contributed by atoms with E-state index in [4.69, 9.17) is 15.3 Å². The van der Waals surface area contributed by atoms with Crippen LogP contribution in [-0.2, 0) is 0 Å². The van der Waals surface area contributed by atoms with Gasteiger partial charge in [-0.3, -0.25) is 5.84 Å². The second-order valence-corrected chi connectivity index (χ2v) is 4.74. The van der Waals surface area contributed by atoms with Gasteiger partial charge in [0.25, 0.3) is 0 Å². The van der Waals surface area contributed by atoms with Gasteiger partial charge in [-0.05, 0) is 43.4 Å². The first-order valence-electron chi connectivity index (χ1n) is 6.67. The maximum absolute atomic E-state index is 5.73. The molecule has 0 spiro atoms. The summed E-state index contributed by atoms with van der Waals surface area (Å²) in [7, 11) is 3.28. The molecule has 1 aromatic carbocycles. The van der Waals surface area contributed by atoms with Crippen molar-refractivity contribution in [3.05, 3.63) is 35.4 Å². The lowest BCUT2D eigenvalue weighted by Crippen LogP contribution is -2.30. The zero-order chi connectivity index (χ0) is 13.7. The first-order valence-corrected chi connectivity index (χ1v) is 6.67.